The molecule has 0 atom stereocenters. The highest BCUT2D eigenvalue weighted by Crippen LogP contribution is 2.33. The number of carbonyl (C=O) groups excluding carboxylic acids is 1. The lowest BCUT2D eigenvalue weighted by Gasteiger charge is -2.06. The number of aromatic nitrogens is 1. The summed E-state index contributed by atoms with van der Waals surface area (Å²) in [6.07, 6.45) is 1.52. The zero-order chi connectivity index (χ0) is 13.1. The van der Waals surface area contributed by atoms with Crippen LogP contribution in [0.4, 0.5) is 0 Å². The zero-order valence-corrected chi connectivity index (χ0v) is 11.2. The summed E-state index contributed by atoms with van der Waals surface area (Å²) >= 11 is 1.29. The number of methoxy groups -OCH3 is 2. The van der Waals surface area contributed by atoms with E-state index in [1.165, 1.54) is 24.6 Å². The fourth-order valence-electron chi connectivity index (χ4n) is 1.57. The minimum absolute atomic E-state index is 0.371. The monoisotopic (exact) mass is 263 g/mol. The lowest BCUT2D eigenvalue weighted by molar-refractivity contribution is 0.0606. The fraction of sp³-hybridized carbons (Fsp3) is 0.231. The first-order valence-corrected chi connectivity index (χ1v) is 6.16. The van der Waals surface area contributed by atoms with Gasteiger partial charge in [-0.1, -0.05) is 6.07 Å². The van der Waals surface area contributed by atoms with Gasteiger partial charge in [-0.3, -0.25) is 0 Å². The number of benzene rings is 1. The van der Waals surface area contributed by atoms with Crippen molar-refractivity contribution in [2.24, 2.45) is 0 Å². The van der Waals surface area contributed by atoms with E-state index in [0.29, 0.717) is 4.88 Å². The first-order chi connectivity index (χ1) is 8.65. The van der Waals surface area contributed by atoms with Crippen molar-refractivity contribution in [3.63, 3.8) is 0 Å². The van der Waals surface area contributed by atoms with Gasteiger partial charge in [0.2, 0.25) is 0 Å². The Hall–Kier alpha value is -1.88. The van der Waals surface area contributed by atoms with Crippen molar-refractivity contribution in [3.8, 4) is 16.3 Å². The van der Waals surface area contributed by atoms with Crippen LogP contribution in [0.15, 0.2) is 24.4 Å². The van der Waals surface area contributed by atoms with Gasteiger partial charge in [0.15, 0.2) is 0 Å². The topological polar surface area (TPSA) is 48.4 Å². The summed E-state index contributed by atoms with van der Waals surface area (Å²) in [5.41, 5.74) is 1.99. The van der Waals surface area contributed by atoms with E-state index in [-0.39, 0.29) is 5.97 Å². The minimum atomic E-state index is -0.371. The SMILES string of the molecule is COC(=O)c1cnc(-c2ccc(C)cc2OC)s1. The van der Waals surface area contributed by atoms with Crippen molar-refractivity contribution >= 4 is 17.3 Å². The first kappa shape index (κ1) is 12.6. The van der Waals surface area contributed by atoms with Gasteiger partial charge in [0, 0.05) is 0 Å². The summed E-state index contributed by atoms with van der Waals surface area (Å²) in [7, 11) is 2.97. The van der Waals surface area contributed by atoms with Crippen LogP contribution in [-0.4, -0.2) is 25.2 Å². The molecule has 0 saturated carbocycles. The number of hydrogen-bond donors (Lipinski definition) is 0. The first-order valence-electron chi connectivity index (χ1n) is 5.35. The van der Waals surface area contributed by atoms with Crippen LogP contribution >= 0.6 is 11.3 Å². The molecule has 1 heterocycles. The lowest BCUT2D eigenvalue weighted by Crippen LogP contribution is -1.96. The molecule has 0 N–H and O–H groups in total. The normalized spacial score (nSPS) is 10.2. The Bertz CT molecular complexity index is 577. The van der Waals surface area contributed by atoms with Gasteiger partial charge in [-0.15, -0.1) is 11.3 Å². The number of nitrogens with zero attached hydrogens (tertiary/aromatic N) is 1. The molecule has 0 amide bonds. The molecule has 5 heteroatoms. The van der Waals surface area contributed by atoms with Crippen LogP contribution in [0.25, 0.3) is 10.6 Å². The third-order valence-corrected chi connectivity index (χ3v) is 3.49. The highest BCUT2D eigenvalue weighted by Gasteiger charge is 2.14. The molecule has 0 radical (unpaired) electrons. The summed E-state index contributed by atoms with van der Waals surface area (Å²) in [4.78, 5) is 16.1. The van der Waals surface area contributed by atoms with Gasteiger partial charge in [-0.25, -0.2) is 9.78 Å². The second-order valence-corrected chi connectivity index (χ2v) is 4.76. The van der Waals surface area contributed by atoms with Gasteiger partial charge >= 0.3 is 5.97 Å². The van der Waals surface area contributed by atoms with E-state index in [2.05, 4.69) is 9.72 Å². The van der Waals surface area contributed by atoms with Gasteiger partial charge in [0.1, 0.15) is 15.6 Å². The third kappa shape index (κ3) is 2.36. The molecule has 94 valence electrons. The summed E-state index contributed by atoms with van der Waals surface area (Å²) in [5, 5.41) is 0.743. The molecule has 0 aliphatic carbocycles. The maximum Gasteiger partial charge on any atom is 0.349 e. The van der Waals surface area contributed by atoms with Gasteiger partial charge in [0.05, 0.1) is 26.0 Å². The number of carbonyl (C=O) groups is 1. The van der Waals surface area contributed by atoms with Crippen LogP contribution in [0.1, 0.15) is 15.2 Å². The molecule has 2 rings (SSSR count). The molecule has 4 nitrogen and oxygen atoms in total. The molecule has 2 aromatic rings. The number of esters is 1. The molecule has 0 unspecified atom stereocenters. The average molecular weight is 263 g/mol. The minimum Gasteiger partial charge on any atom is -0.496 e. The van der Waals surface area contributed by atoms with Crippen molar-refractivity contribution in [2.75, 3.05) is 14.2 Å². The fourth-order valence-corrected chi connectivity index (χ4v) is 2.43. The summed E-state index contributed by atoms with van der Waals surface area (Å²) in [6.45, 7) is 1.99. The summed E-state index contributed by atoms with van der Waals surface area (Å²) in [6, 6.07) is 5.86. The van der Waals surface area contributed by atoms with E-state index in [9.17, 15) is 4.79 Å². The van der Waals surface area contributed by atoms with Gasteiger partial charge < -0.3 is 9.47 Å². The maximum absolute atomic E-state index is 11.4. The Morgan fingerprint density at radius 1 is 1.33 bits per heavy atom. The molecule has 0 bridgehead atoms. The zero-order valence-electron chi connectivity index (χ0n) is 10.4. The van der Waals surface area contributed by atoms with E-state index in [1.807, 2.05) is 25.1 Å². The molecule has 1 aromatic carbocycles. The molecule has 0 spiro atoms. The summed E-state index contributed by atoms with van der Waals surface area (Å²) < 4.78 is 9.99. The second kappa shape index (κ2) is 5.18. The summed E-state index contributed by atoms with van der Waals surface area (Å²) in [5.74, 6) is 0.380. The van der Waals surface area contributed by atoms with E-state index in [0.717, 1.165) is 21.9 Å². The highest BCUT2D eigenvalue weighted by molar-refractivity contribution is 7.16. The highest BCUT2D eigenvalue weighted by atomic mass is 32.1. The van der Waals surface area contributed by atoms with Crippen molar-refractivity contribution in [1.29, 1.82) is 0 Å². The van der Waals surface area contributed by atoms with Crippen LogP contribution in [0.2, 0.25) is 0 Å². The maximum atomic E-state index is 11.4. The van der Waals surface area contributed by atoms with Crippen molar-refractivity contribution in [3.05, 3.63) is 34.8 Å². The van der Waals surface area contributed by atoms with Gasteiger partial charge in [-0.2, -0.15) is 0 Å². The van der Waals surface area contributed by atoms with Gasteiger partial charge in [-0.05, 0) is 24.6 Å². The van der Waals surface area contributed by atoms with Gasteiger partial charge in [0.25, 0.3) is 0 Å². The van der Waals surface area contributed by atoms with Crippen LogP contribution in [0, 0.1) is 6.92 Å². The van der Waals surface area contributed by atoms with E-state index in [4.69, 9.17) is 4.74 Å². The largest absolute Gasteiger partial charge is 0.496 e. The molecule has 0 aliphatic heterocycles. The molecular formula is C13H13NO3S. The molecule has 0 aliphatic rings. The smallest absolute Gasteiger partial charge is 0.349 e. The standard InChI is InChI=1S/C13H13NO3S/c1-8-4-5-9(10(6-8)16-2)12-14-7-11(18-12)13(15)17-3/h4-7H,1-3H3. The van der Waals surface area contributed by atoms with Crippen LogP contribution < -0.4 is 4.74 Å². The predicted octanol–water partition coefficient (Wildman–Crippen LogP) is 2.91. The molecular weight excluding hydrogens is 250 g/mol. The van der Waals surface area contributed by atoms with Crippen LogP contribution in [0.3, 0.4) is 0 Å². The Balaban J connectivity index is 2.42. The molecule has 1 aromatic heterocycles. The Labute approximate surface area is 109 Å². The number of hydrogen-bond acceptors (Lipinski definition) is 5. The second-order valence-electron chi connectivity index (χ2n) is 3.72. The number of thiazole rings is 1. The molecule has 0 saturated heterocycles. The predicted molar refractivity (Wildman–Crippen MR) is 70.2 cm³/mol. The number of aryl methyl sites for hydroxylation is 1. The van der Waals surface area contributed by atoms with Crippen molar-refractivity contribution in [1.82, 2.24) is 4.98 Å². The number of ether oxygens (including phenoxy) is 2. The Kier molecular flexibility index (Phi) is 3.62. The number of rotatable bonds is 3. The van der Waals surface area contributed by atoms with Crippen molar-refractivity contribution < 1.29 is 14.3 Å². The molecule has 0 fully saturated rings. The quantitative estimate of drug-likeness (QED) is 0.799. The lowest BCUT2D eigenvalue weighted by atomic mass is 10.1. The third-order valence-electron chi connectivity index (χ3n) is 2.48. The average Bonchev–Trinajstić information content (AvgIpc) is 2.87. The Morgan fingerprint density at radius 2 is 2.11 bits per heavy atom. The van der Waals surface area contributed by atoms with Crippen molar-refractivity contribution in [2.45, 2.75) is 6.92 Å². The van der Waals surface area contributed by atoms with Crippen LogP contribution in [-0.2, 0) is 4.74 Å². The molecule has 18 heavy (non-hydrogen) atoms. The Morgan fingerprint density at radius 3 is 2.78 bits per heavy atom. The van der Waals surface area contributed by atoms with Crippen LogP contribution in [0.5, 0.6) is 5.75 Å². The van der Waals surface area contributed by atoms with E-state index < -0.39 is 0 Å². The van der Waals surface area contributed by atoms with E-state index >= 15 is 0 Å². The van der Waals surface area contributed by atoms with E-state index in [1.54, 1.807) is 7.11 Å².